The van der Waals surface area contributed by atoms with Gasteiger partial charge in [-0.15, -0.1) is 0 Å². The van der Waals surface area contributed by atoms with Gasteiger partial charge in [-0.3, -0.25) is 19.4 Å². The van der Waals surface area contributed by atoms with E-state index in [1.54, 1.807) is 11.0 Å². The van der Waals surface area contributed by atoms with Crippen LogP contribution in [0.5, 0.6) is 0 Å². The van der Waals surface area contributed by atoms with Gasteiger partial charge in [-0.2, -0.15) is 0 Å². The quantitative estimate of drug-likeness (QED) is 0.632. The van der Waals surface area contributed by atoms with Crippen LogP contribution in [0.2, 0.25) is 5.02 Å². The first kappa shape index (κ1) is 22.3. The lowest BCUT2D eigenvalue weighted by molar-refractivity contribution is -0.134. The Morgan fingerprint density at radius 1 is 1.00 bits per heavy atom. The summed E-state index contributed by atoms with van der Waals surface area (Å²) in [6, 6.07) is 10.9. The van der Waals surface area contributed by atoms with Crippen LogP contribution in [-0.4, -0.2) is 34.8 Å². The van der Waals surface area contributed by atoms with Gasteiger partial charge < -0.3 is 5.32 Å². The second-order valence-corrected chi connectivity index (χ2v) is 9.33. The van der Waals surface area contributed by atoms with E-state index in [1.165, 1.54) is 0 Å². The Morgan fingerprint density at radius 2 is 1.66 bits per heavy atom. The van der Waals surface area contributed by atoms with Crippen LogP contribution in [0.4, 0.5) is 16.2 Å². The Morgan fingerprint density at radius 3 is 2.28 bits per heavy atom. The van der Waals surface area contributed by atoms with E-state index in [9.17, 15) is 14.4 Å². The number of anilines is 2. The summed E-state index contributed by atoms with van der Waals surface area (Å²) in [4.78, 5) is 42.6. The third-order valence-electron chi connectivity index (χ3n) is 6.46. The molecule has 1 aliphatic carbocycles. The predicted octanol–water partition coefficient (Wildman–Crippen LogP) is 5.38. The van der Waals surface area contributed by atoms with Crippen LogP contribution in [0.15, 0.2) is 36.4 Å². The molecule has 1 saturated heterocycles. The Bertz CT molecular complexity index is 1050. The Hall–Kier alpha value is -2.86. The minimum atomic E-state index is -0.914. The van der Waals surface area contributed by atoms with E-state index in [4.69, 9.17) is 11.6 Å². The number of carbonyl (C=O) groups excluding carboxylic acids is 3. The van der Waals surface area contributed by atoms with Gasteiger partial charge in [0.1, 0.15) is 12.1 Å². The van der Waals surface area contributed by atoms with Crippen LogP contribution in [0.25, 0.3) is 0 Å². The molecule has 168 valence electrons. The summed E-state index contributed by atoms with van der Waals surface area (Å²) in [7, 11) is 0. The minimum Gasteiger partial charge on any atom is -0.323 e. The topological polar surface area (TPSA) is 69.7 Å². The fourth-order valence-electron chi connectivity index (χ4n) is 4.90. The summed E-state index contributed by atoms with van der Waals surface area (Å²) < 4.78 is 0. The van der Waals surface area contributed by atoms with Gasteiger partial charge in [-0.25, -0.2) is 4.79 Å². The van der Waals surface area contributed by atoms with Gasteiger partial charge in [0.25, 0.3) is 5.91 Å². The Labute approximate surface area is 193 Å². The van der Waals surface area contributed by atoms with Crippen molar-refractivity contribution in [1.82, 2.24) is 4.90 Å². The number of carbonyl (C=O) groups is 3. The molecular weight excluding hydrogens is 426 g/mol. The van der Waals surface area contributed by atoms with E-state index in [1.807, 2.05) is 51.1 Å². The zero-order valence-corrected chi connectivity index (χ0v) is 19.5. The lowest BCUT2D eigenvalue weighted by Gasteiger charge is -2.38. The van der Waals surface area contributed by atoms with E-state index in [-0.39, 0.29) is 12.5 Å². The van der Waals surface area contributed by atoms with Crippen molar-refractivity contribution in [1.29, 1.82) is 0 Å². The average Bonchev–Trinajstić information content (AvgIpc) is 2.93. The van der Waals surface area contributed by atoms with Gasteiger partial charge in [-0.1, -0.05) is 54.6 Å². The molecule has 1 N–H and O–H groups in total. The molecule has 1 saturated carbocycles. The number of benzene rings is 2. The third-order valence-corrected chi connectivity index (χ3v) is 6.76. The molecule has 7 heteroatoms. The van der Waals surface area contributed by atoms with Crippen molar-refractivity contribution in [3.63, 3.8) is 0 Å². The monoisotopic (exact) mass is 453 g/mol. The first-order valence-electron chi connectivity index (χ1n) is 11.0. The second kappa shape index (κ2) is 8.58. The van der Waals surface area contributed by atoms with Crippen LogP contribution >= 0.6 is 11.6 Å². The number of nitrogens with zero attached hydrogens (tertiary/aromatic N) is 2. The fourth-order valence-corrected chi connectivity index (χ4v) is 5.27. The van der Waals surface area contributed by atoms with Crippen molar-refractivity contribution >= 4 is 40.8 Å². The van der Waals surface area contributed by atoms with Gasteiger partial charge >= 0.3 is 6.03 Å². The van der Waals surface area contributed by atoms with Crippen LogP contribution < -0.4 is 10.2 Å². The smallest absolute Gasteiger partial charge is 0.323 e. The number of hydrogen-bond donors (Lipinski definition) is 1. The Kier molecular flexibility index (Phi) is 5.99. The summed E-state index contributed by atoms with van der Waals surface area (Å²) in [5, 5.41) is 3.22. The number of imide groups is 1. The maximum absolute atomic E-state index is 13.6. The highest BCUT2D eigenvalue weighted by Crippen LogP contribution is 2.43. The number of aryl methyl sites for hydroxylation is 3. The molecule has 1 heterocycles. The third kappa shape index (κ3) is 3.88. The molecule has 0 atom stereocenters. The van der Waals surface area contributed by atoms with Crippen molar-refractivity contribution in [2.75, 3.05) is 16.8 Å². The average molecular weight is 454 g/mol. The summed E-state index contributed by atoms with van der Waals surface area (Å²) in [6.45, 7) is 5.42. The van der Waals surface area contributed by atoms with Crippen molar-refractivity contribution < 1.29 is 14.4 Å². The summed E-state index contributed by atoms with van der Waals surface area (Å²) in [6.07, 6.45) is 3.99. The van der Waals surface area contributed by atoms with Crippen molar-refractivity contribution in [3.8, 4) is 0 Å². The molecular formula is C25H28ClN3O3. The number of rotatable bonds is 4. The zero-order valence-electron chi connectivity index (χ0n) is 18.7. The molecule has 0 bridgehead atoms. The van der Waals surface area contributed by atoms with Crippen LogP contribution in [0.3, 0.4) is 0 Å². The van der Waals surface area contributed by atoms with Gasteiger partial charge in [0.05, 0.1) is 10.7 Å². The number of hydrogen-bond acceptors (Lipinski definition) is 3. The minimum absolute atomic E-state index is 0.287. The molecule has 2 fully saturated rings. The van der Waals surface area contributed by atoms with E-state index in [2.05, 4.69) is 5.32 Å². The van der Waals surface area contributed by atoms with Crippen LogP contribution in [-0.2, 0) is 9.59 Å². The second-order valence-electron chi connectivity index (χ2n) is 8.92. The maximum Gasteiger partial charge on any atom is 0.332 e. The van der Waals surface area contributed by atoms with Crippen LogP contribution in [0, 0.1) is 20.8 Å². The first-order chi connectivity index (χ1) is 15.2. The lowest BCUT2D eigenvalue weighted by Crippen LogP contribution is -2.51. The molecule has 0 unspecified atom stereocenters. The van der Waals surface area contributed by atoms with Gasteiger partial charge in [0.15, 0.2) is 0 Å². The van der Waals surface area contributed by atoms with E-state index in [0.717, 1.165) is 40.9 Å². The maximum atomic E-state index is 13.6. The van der Waals surface area contributed by atoms with E-state index < -0.39 is 17.5 Å². The predicted molar refractivity (Wildman–Crippen MR) is 126 cm³/mol. The number of nitrogens with one attached hydrogen (secondary N) is 1. The molecule has 6 nitrogen and oxygen atoms in total. The van der Waals surface area contributed by atoms with E-state index >= 15 is 0 Å². The van der Waals surface area contributed by atoms with E-state index in [0.29, 0.717) is 29.2 Å². The highest BCUT2D eigenvalue weighted by Gasteiger charge is 2.58. The molecule has 1 aliphatic heterocycles. The van der Waals surface area contributed by atoms with Crippen molar-refractivity contribution in [2.24, 2.45) is 0 Å². The largest absolute Gasteiger partial charge is 0.332 e. The SMILES string of the molecule is Cc1ccc(N2C(=O)N(CC(=O)Nc3c(C)cc(C)cc3Cl)C(=O)C23CCCCC3)cc1. The van der Waals surface area contributed by atoms with Gasteiger partial charge in [0.2, 0.25) is 5.91 Å². The summed E-state index contributed by atoms with van der Waals surface area (Å²) >= 11 is 6.31. The number of halogens is 1. The highest BCUT2D eigenvalue weighted by molar-refractivity contribution is 6.34. The molecule has 2 aliphatic rings. The highest BCUT2D eigenvalue weighted by atomic mass is 35.5. The van der Waals surface area contributed by atoms with Crippen molar-refractivity contribution in [3.05, 3.63) is 58.1 Å². The molecule has 0 aromatic heterocycles. The molecule has 2 aromatic carbocycles. The molecule has 2 aromatic rings. The van der Waals surface area contributed by atoms with Gasteiger partial charge in [0, 0.05) is 5.69 Å². The first-order valence-corrected chi connectivity index (χ1v) is 11.4. The zero-order chi connectivity index (χ0) is 23.0. The molecule has 0 radical (unpaired) electrons. The number of urea groups is 1. The molecule has 32 heavy (non-hydrogen) atoms. The lowest BCUT2D eigenvalue weighted by atomic mass is 9.80. The fraction of sp³-hybridized carbons (Fsp3) is 0.400. The normalized spacial score (nSPS) is 17.9. The summed E-state index contributed by atoms with van der Waals surface area (Å²) in [5.74, 6) is -0.734. The summed E-state index contributed by atoms with van der Waals surface area (Å²) in [5.41, 5.74) is 3.17. The standard InChI is InChI=1S/C25H28ClN3O3/c1-16-7-9-19(10-8-16)29-24(32)28(23(31)25(29)11-5-4-6-12-25)15-21(30)27-22-18(3)13-17(2)14-20(22)26/h7-10,13-14H,4-6,11-12,15H2,1-3H3,(H,27,30). The molecule has 4 rings (SSSR count). The molecule has 1 spiro atoms. The van der Waals surface area contributed by atoms with Crippen molar-refractivity contribution in [2.45, 2.75) is 58.4 Å². The number of amides is 4. The molecule has 4 amide bonds. The van der Waals surface area contributed by atoms with Crippen LogP contribution in [0.1, 0.15) is 48.8 Å². The van der Waals surface area contributed by atoms with Gasteiger partial charge in [-0.05, 0) is 62.9 Å². The Balaban J connectivity index is 1.62.